The molecular formula is C20H21N3O4S2. The van der Waals surface area contributed by atoms with Crippen LogP contribution in [0.25, 0.3) is 10.2 Å². The molecule has 4 rings (SSSR count). The zero-order valence-corrected chi connectivity index (χ0v) is 17.6. The number of thiazole rings is 1. The van der Waals surface area contributed by atoms with E-state index in [0.717, 1.165) is 35.4 Å². The third-order valence-electron chi connectivity index (χ3n) is 5.11. The van der Waals surface area contributed by atoms with E-state index in [9.17, 15) is 18.0 Å². The predicted molar refractivity (Wildman–Crippen MR) is 112 cm³/mol. The van der Waals surface area contributed by atoms with Crippen LogP contribution in [0.4, 0.5) is 0 Å². The molecule has 0 atom stereocenters. The molecule has 1 aromatic heterocycles. The van der Waals surface area contributed by atoms with Gasteiger partial charge in [0.25, 0.3) is 0 Å². The monoisotopic (exact) mass is 431 g/mol. The number of hydrogen-bond donors (Lipinski definition) is 1. The molecule has 29 heavy (non-hydrogen) atoms. The predicted octanol–water partition coefficient (Wildman–Crippen LogP) is 2.20. The highest BCUT2D eigenvalue weighted by Crippen LogP contribution is 2.21. The van der Waals surface area contributed by atoms with E-state index in [4.69, 9.17) is 0 Å². The van der Waals surface area contributed by atoms with Crippen molar-refractivity contribution in [1.82, 2.24) is 14.2 Å². The molecule has 0 unspecified atom stereocenters. The summed E-state index contributed by atoms with van der Waals surface area (Å²) < 4.78 is 30.0. The number of hydrogen-bond acceptors (Lipinski definition) is 5. The first kappa shape index (κ1) is 19.8. The minimum absolute atomic E-state index is 0.127. The molecule has 0 aliphatic carbocycles. The number of fused-ring (bicyclic) bond motifs is 1. The van der Waals surface area contributed by atoms with E-state index in [1.54, 1.807) is 13.1 Å². The van der Waals surface area contributed by atoms with Crippen LogP contribution in [-0.4, -0.2) is 30.3 Å². The molecule has 0 bridgehead atoms. The van der Waals surface area contributed by atoms with Gasteiger partial charge in [-0.15, -0.1) is 0 Å². The number of amides is 1. The number of aromatic nitrogens is 1. The van der Waals surface area contributed by atoms with Gasteiger partial charge in [-0.05, 0) is 35.7 Å². The van der Waals surface area contributed by atoms with E-state index >= 15 is 0 Å². The number of carbonyl (C=O) groups excluding carboxylic acids is 1. The quantitative estimate of drug-likeness (QED) is 0.648. The van der Waals surface area contributed by atoms with Crippen LogP contribution in [0, 0.1) is 0 Å². The molecule has 2 heterocycles. The fourth-order valence-corrected chi connectivity index (χ4v) is 5.43. The van der Waals surface area contributed by atoms with Gasteiger partial charge in [0.2, 0.25) is 15.9 Å². The molecule has 3 aromatic rings. The van der Waals surface area contributed by atoms with E-state index < -0.39 is 10.0 Å². The van der Waals surface area contributed by atoms with Crippen molar-refractivity contribution < 1.29 is 13.2 Å². The van der Waals surface area contributed by atoms with Gasteiger partial charge in [-0.1, -0.05) is 35.6 Å². The van der Waals surface area contributed by atoms with Crippen molar-refractivity contribution in [3.05, 3.63) is 63.3 Å². The van der Waals surface area contributed by atoms with E-state index in [0.29, 0.717) is 23.2 Å². The third-order valence-corrected chi connectivity index (χ3v) is 7.50. The highest BCUT2D eigenvalue weighted by Gasteiger charge is 2.20. The van der Waals surface area contributed by atoms with Crippen molar-refractivity contribution in [3.8, 4) is 0 Å². The maximum absolute atomic E-state index is 12.6. The summed E-state index contributed by atoms with van der Waals surface area (Å²) in [7, 11) is -2.03. The van der Waals surface area contributed by atoms with Crippen molar-refractivity contribution in [2.75, 3.05) is 6.54 Å². The average Bonchev–Trinajstić information content (AvgIpc) is 3.23. The van der Waals surface area contributed by atoms with Gasteiger partial charge in [0.15, 0.2) is 0 Å². The Morgan fingerprint density at radius 1 is 1.07 bits per heavy atom. The van der Waals surface area contributed by atoms with Crippen LogP contribution in [0.15, 0.2) is 52.2 Å². The fourth-order valence-electron chi connectivity index (χ4n) is 3.40. The molecule has 1 aliphatic rings. The van der Waals surface area contributed by atoms with Crippen LogP contribution < -0.4 is 9.60 Å². The first-order valence-corrected chi connectivity index (χ1v) is 11.6. The van der Waals surface area contributed by atoms with Gasteiger partial charge in [-0.2, -0.15) is 0 Å². The van der Waals surface area contributed by atoms with Gasteiger partial charge >= 0.3 is 4.87 Å². The van der Waals surface area contributed by atoms with E-state index in [1.807, 2.05) is 29.2 Å². The SMILES string of the molecule is Cn1c(=O)sc2cc(S(=O)(=O)NCc3ccc(CN4CCCC4=O)cc3)ccc21. The maximum Gasteiger partial charge on any atom is 0.307 e. The summed E-state index contributed by atoms with van der Waals surface area (Å²) in [6.07, 6.45) is 1.52. The van der Waals surface area contributed by atoms with Crippen LogP contribution in [0.5, 0.6) is 0 Å². The molecule has 0 radical (unpaired) electrons. The van der Waals surface area contributed by atoms with Gasteiger partial charge in [-0.3, -0.25) is 9.59 Å². The smallest absolute Gasteiger partial charge is 0.307 e. The molecule has 0 spiro atoms. The summed E-state index contributed by atoms with van der Waals surface area (Å²) in [6.45, 7) is 1.54. The molecule has 1 N–H and O–H groups in total. The summed E-state index contributed by atoms with van der Waals surface area (Å²) in [5.74, 6) is 0.183. The molecule has 2 aromatic carbocycles. The number of rotatable bonds is 6. The normalized spacial score (nSPS) is 14.8. The first-order chi connectivity index (χ1) is 13.8. The summed E-state index contributed by atoms with van der Waals surface area (Å²) in [5, 5.41) is 0. The lowest BCUT2D eigenvalue weighted by Gasteiger charge is -2.15. The van der Waals surface area contributed by atoms with Gasteiger partial charge in [0.1, 0.15) is 0 Å². The van der Waals surface area contributed by atoms with Crippen molar-refractivity contribution in [2.24, 2.45) is 7.05 Å². The van der Waals surface area contributed by atoms with E-state index in [-0.39, 0.29) is 22.2 Å². The largest absolute Gasteiger partial charge is 0.338 e. The minimum Gasteiger partial charge on any atom is -0.338 e. The zero-order chi connectivity index (χ0) is 20.6. The standard InChI is InChI=1S/C20H21N3O4S2/c1-22-17-9-8-16(11-18(17)28-20(22)25)29(26,27)21-12-14-4-6-15(7-5-14)13-23-10-2-3-19(23)24/h4-9,11,21H,2-3,10,12-13H2,1H3. The lowest BCUT2D eigenvalue weighted by atomic mass is 10.1. The maximum atomic E-state index is 12.6. The van der Waals surface area contributed by atoms with Crippen LogP contribution in [0.3, 0.4) is 0 Å². The Balaban J connectivity index is 1.43. The van der Waals surface area contributed by atoms with Gasteiger partial charge in [0.05, 0.1) is 15.1 Å². The molecule has 0 saturated carbocycles. The number of nitrogens with one attached hydrogen (secondary N) is 1. The number of likely N-dealkylation sites (tertiary alicyclic amines) is 1. The number of aryl methyl sites for hydroxylation is 1. The van der Waals surface area contributed by atoms with Crippen LogP contribution in [-0.2, 0) is 35.0 Å². The van der Waals surface area contributed by atoms with Gasteiger partial charge in [-0.25, -0.2) is 13.1 Å². The fraction of sp³-hybridized carbons (Fsp3) is 0.300. The number of carbonyl (C=O) groups is 1. The number of benzene rings is 2. The molecule has 9 heteroatoms. The minimum atomic E-state index is -3.70. The van der Waals surface area contributed by atoms with Crippen molar-refractivity contribution in [2.45, 2.75) is 30.8 Å². The van der Waals surface area contributed by atoms with Crippen molar-refractivity contribution >= 4 is 37.5 Å². The molecule has 1 aliphatic heterocycles. The Hall–Kier alpha value is -2.49. The van der Waals surface area contributed by atoms with Crippen LogP contribution in [0.2, 0.25) is 0 Å². The van der Waals surface area contributed by atoms with Crippen molar-refractivity contribution in [3.63, 3.8) is 0 Å². The van der Waals surface area contributed by atoms with E-state index in [2.05, 4.69) is 4.72 Å². The Bertz CT molecular complexity index is 1230. The zero-order valence-electron chi connectivity index (χ0n) is 15.9. The first-order valence-electron chi connectivity index (χ1n) is 9.28. The number of nitrogens with zero attached hydrogens (tertiary/aromatic N) is 2. The highest BCUT2D eigenvalue weighted by atomic mass is 32.2. The topological polar surface area (TPSA) is 88.5 Å². The highest BCUT2D eigenvalue weighted by molar-refractivity contribution is 7.89. The Labute approximate surface area is 172 Å². The third kappa shape index (κ3) is 4.12. The van der Waals surface area contributed by atoms with E-state index in [1.165, 1.54) is 16.7 Å². The average molecular weight is 432 g/mol. The summed E-state index contributed by atoms with van der Waals surface area (Å²) in [4.78, 5) is 25.3. The van der Waals surface area contributed by atoms with Crippen molar-refractivity contribution in [1.29, 1.82) is 0 Å². The second kappa shape index (κ2) is 7.74. The molecule has 1 fully saturated rings. The molecular weight excluding hydrogens is 410 g/mol. The summed E-state index contributed by atoms with van der Waals surface area (Å²) in [6, 6.07) is 12.3. The van der Waals surface area contributed by atoms with Gasteiger partial charge in [0, 0.05) is 33.1 Å². The Morgan fingerprint density at radius 3 is 2.48 bits per heavy atom. The second-order valence-electron chi connectivity index (χ2n) is 7.12. The van der Waals surface area contributed by atoms with Crippen LogP contribution in [0.1, 0.15) is 24.0 Å². The molecule has 152 valence electrons. The molecule has 1 amide bonds. The molecule has 1 saturated heterocycles. The number of sulfonamides is 1. The summed E-state index contributed by atoms with van der Waals surface area (Å²) >= 11 is 1.03. The Kier molecular flexibility index (Phi) is 5.28. The lowest BCUT2D eigenvalue weighted by Crippen LogP contribution is -2.24. The van der Waals surface area contributed by atoms with Crippen LogP contribution >= 0.6 is 11.3 Å². The lowest BCUT2D eigenvalue weighted by molar-refractivity contribution is -0.128. The Morgan fingerprint density at radius 2 is 1.79 bits per heavy atom. The summed E-state index contributed by atoms with van der Waals surface area (Å²) in [5.41, 5.74) is 2.57. The van der Waals surface area contributed by atoms with Gasteiger partial charge < -0.3 is 9.47 Å². The molecule has 7 nitrogen and oxygen atoms in total. The second-order valence-corrected chi connectivity index (χ2v) is 9.88.